The average Bonchev–Trinajstić information content (AvgIpc) is 2.37. The molecule has 2 aliphatic rings. The van der Waals surface area contributed by atoms with Crippen LogP contribution in [0.25, 0.3) is 0 Å². The number of aliphatic hydroxyl groups excluding tert-OH is 1. The van der Waals surface area contributed by atoms with E-state index in [0.29, 0.717) is 17.8 Å². The molecule has 0 saturated heterocycles. The monoisotopic (exact) mass is 248 g/mol. The Balaban J connectivity index is 2.20. The van der Waals surface area contributed by atoms with Crippen molar-refractivity contribution in [2.45, 2.75) is 52.6 Å². The first-order chi connectivity index (χ1) is 8.54. The number of hydrogen-bond acceptors (Lipinski definition) is 1. The zero-order chi connectivity index (χ0) is 13.3. The van der Waals surface area contributed by atoms with Crippen LogP contribution in [-0.2, 0) is 0 Å². The Morgan fingerprint density at radius 1 is 1.39 bits per heavy atom. The molecule has 1 nitrogen and oxygen atoms in total. The Hall–Kier alpha value is -0.560. The molecule has 1 N–H and O–H groups in total. The topological polar surface area (TPSA) is 20.2 Å². The molecule has 0 unspecified atom stereocenters. The highest BCUT2D eigenvalue weighted by Gasteiger charge is 2.40. The minimum absolute atomic E-state index is 0.338. The van der Waals surface area contributed by atoms with Crippen LogP contribution in [0.15, 0.2) is 24.3 Å². The maximum absolute atomic E-state index is 10.1. The molecular formula is C17H28O. The Labute approximate surface area is 112 Å². The quantitative estimate of drug-likeness (QED) is 0.743. The fourth-order valence-corrected chi connectivity index (χ4v) is 4.17. The van der Waals surface area contributed by atoms with Crippen molar-refractivity contribution >= 4 is 0 Å². The van der Waals surface area contributed by atoms with Gasteiger partial charge in [-0.3, -0.25) is 0 Å². The van der Waals surface area contributed by atoms with Gasteiger partial charge in [0.05, 0.1) is 6.10 Å². The predicted molar refractivity (Wildman–Crippen MR) is 77.2 cm³/mol. The molecule has 6 atom stereocenters. The number of hydrogen-bond donors (Lipinski definition) is 1. The first kappa shape index (κ1) is 13.9. The van der Waals surface area contributed by atoms with Crippen molar-refractivity contribution in [1.82, 2.24) is 0 Å². The maximum Gasteiger partial charge on any atom is 0.0746 e. The molecule has 0 bridgehead atoms. The van der Waals surface area contributed by atoms with E-state index in [-0.39, 0.29) is 6.10 Å². The Bertz CT molecular complexity index is 331. The standard InChI is InChI=1S/C17H28O/c1-5-17(18)13(4)15-9-7-12(3)14-8-6-11(2)10-16(14)15/h5,10,12-18H,1,6-9H2,2-4H3/t12-,13-,14+,15+,16+,17-/m1/s1. The smallest absolute Gasteiger partial charge is 0.0746 e. The summed E-state index contributed by atoms with van der Waals surface area (Å²) in [6, 6.07) is 0. The van der Waals surface area contributed by atoms with Gasteiger partial charge < -0.3 is 5.11 Å². The van der Waals surface area contributed by atoms with Crippen molar-refractivity contribution in [3.63, 3.8) is 0 Å². The van der Waals surface area contributed by atoms with E-state index >= 15 is 0 Å². The summed E-state index contributed by atoms with van der Waals surface area (Å²) >= 11 is 0. The molecule has 0 aromatic heterocycles. The van der Waals surface area contributed by atoms with Gasteiger partial charge in [0.15, 0.2) is 0 Å². The number of aliphatic hydroxyl groups is 1. The van der Waals surface area contributed by atoms with Gasteiger partial charge in [-0.2, -0.15) is 0 Å². The van der Waals surface area contributed by atoms with Crippen LogP contribution in [-0.4, -0.2) is 11.2 Å². The first-order valence-electron chi connectivity index (χ1n) is 7.52. The number of allylic oxidation sites excluding steroid dienone is 2. The van der Waals surface area contributed by atoms with Crippen molar-refractivity contribution in [3.8, 4) is 0 Å². The van der Waals surface area contributed by atoms with Crippen LogP contribution in [0.3, 0.4) is 0 Å². The third-order valence-electron chi connectivity index (χ3n) is 5.48. The normalized spacial score (nSPS) is 39.4. The Kier molecular flexibility index (Phi) is 4.32. The molecule has 1 heteroatoms. The molecule has 18 heavy (non-hydrogen) atoms. The Morgan fingerprint density at radius 3 is 2.78 bits per heavy atom. The molecule has 0 aliphatic heterocycles. The highest BCUT2D eigenvalue weighted by atomic mass is 16.3. The molecule has 1 saturated carbocycles. The summed E-state index contributed by atoms with van der Waals surface area (Å²) in [5.74, 6) is 3.35. The van der Waals surface area contributed by atoms with Crippen LogP contribution in [0.1, 0.15) is 46.5 Å². The fraction of sp³-hybridized carbons (Fsp3) is 0.765. The fourth-order valence-electron chi connectivity index (χ4n) is 4.17. The SMILES string of the molecule is C=C[C@@H](O)[C@H](C)[C@@H]1CC[C@@H](C)[C@@H]2CCC(C)=C[C@@H]21. The summed E-state index contributed by atoms with van der Waals surface area (Å²) < 4.78 is 0. The van der Waals surface area contributed by atoms with Crippen LogP contribution < -0.4 is 0 Å². The highest BCUT2D eigenvalue weighted by Crippen LogP contribution is 2.48. The van der Waals surface area contributed by atoms with Crippen molar-refractivity contribution in [2.75, 3.05) is 0 Å². The van der Waals surface area contributed by atoms with E-state index < -0.39 is 0 Å². The van der Waals surface area contributed by atoms with Crippen molar-refractivity contribution in [1.29, 1.82) is 0 Å². The van der Waals surface area contributed by atoms with Crippen LogP contribution >= 0.6 is 0 Å². The van der Waals surface area contributed by atoms with E-state index in [4.69, 9.17) is 0 Å². The molecular weight excluding hydrogens is 220 g/mol. The molecule has 0 aromatic carbocycles. The third-order valence-corrected chi connectivity index (χ3v) is 5.48. The number of fused-ring (bicyclic) bond motifs is 1. The largest absolute Gasteiger partial charge is 0.389 e. The van der Waals surface area contributed by atoms with E-state index in [0.717, 1.165) is 11.8 Å². The van der Waals surface area contributed by atoms with Gasteiger partial charge in [-0.15, -0.1) is 6.58 Å². The molecule has 102 valence electrons. The summed E-state index contributed by atoms with van der Waals surface area (Å²) in [6.45, 7) is 10.6. The second-order valence-electron chi connectivity index (χ2n) is 6.60. The van der Waals surface area contributed by atoms with Gasteiger partial charge in [-0.1, -0.05) is 38.0 Å². The lowest BCUT2D eigenvalue weighted by atomic mass is 9.59. The van der Waals surface area contributed by atoms with E-state index in [1.165, 1.54) is 25.7 Å². The van der Waals surface area contributed by atoms with Gasteiger partial charge in [-0.25, -0.2) is 0 Å². The van der Waals surface area contributed by atoms with Crippen molar-refractivity contribution in [3.05, 3.63) is 24.3 Å². The van der Waals surface area contributed by atoms with Crippen molar-refractivity contribution < 1.29 is 5.11 Å². The minimum Gasteiger partial charge on any atom is -0.389 e. The van der Waals surface area contributed by atoms with Gasteiger partial charge >= 0.3 is 0 Å². The molecule has 0 amide bonds. The summed E-state index contributed by atoms with van der Waals surface area (Å²) in [6.07, 6.45) is 9.08. The van der Waals surface area contributed by atoms with E-state index in [9.17, 15) is 5.11 Å². The van der Waals surface area contributed by atoms with Gasteiger partial charge in [0.25, 0.3) is 0 Å². The highest BCUT2D eigenvalue weighted by molar-refractivity contribution is 5.11. The van der Waals surface area contributed by atoms with E-state index in [1.807, 2.05) is 0 Å². The van der Waals surface area contributed by atoms with Crippen LogP contribution in [0.5, 0.6) is 0 Å². The molecule has 2 aliphatic carbocycles. The average molecular weight is 248 g/mol. The van der Waals surface area contributed by atoms with Crippen LogP contribution in [0, 0.1) is 29.6 Å². The maximum atomic E-state index is 10.1. The van der Waals surface area contributed by atoms with E-state index in [1.54, 1.807) is 11.6 Å². The lowest BCUT2D eigenvalue weighted by Gasteiger charge is -2.46. The lowest BCUT2D eigenvalue weighted by Crippen LogP contribution is -2.40. The lowest BCUT2D eigenvalue weighted by molar-refractivity contribution is 0.0355. The van der Waals surface area contributed by atoms with E-state index in [2.05, 4.69) is 33.4 Å². The number of rotatable bonds is 3. The predicted octanol–water partition coefficient (Wildman–Crippen LogP) is 4.19. The summed E-state index contributed by atoms with van der Waals surface area (Å²) in [5.41, 5.74) is 1.55. The zero-order valence-corrected chi connectivity index (χ0v) is 12.1. The third kappa shape index (κ3) is 2.56. The molecule has 0 radical (unpaired) electrons. The summed E-state index contributed by atoms with van der Waals surface area (Å²) in [5, 5.41) is 10.1. The zero-order valence-electron chi connectivity index (χ0n) is 12.1. The van der Waals surface area contributed by atoms with Crippen LogP contribution in [0.2, 0.25) is 0 Å². The molecule has 0 heterocycles. The second kappa shape index (κ2) is 5.61. The van der Waals surface area contributed by atoms with Gasteiger partial charge in [-0.05, 0) is 55.8 Å². The molecule has 1 fully saturated rings. The molecule has 2 rings (SSSR count). The second-order valence-corrected chi connectivity index (χ2v) is 6.60. The molecule has 0 aromatic rings. The van der Waals surface area contributed by atoms with Gasteiger partial charge in [0, 0.05) is 0 Å². The van der Waals surface area contributed by atoms with Crippen LogP contribution in [0.4, 0.5) is 0 Å². The van der Waals surface area contributed by atoms with Gasteiger partial charge in [0.2, 0.25) is 0 Å². The first-order valence-corrected chi connectivity index (χ1v) is 7.52. The van der Waals surface area contributed by atoms with Crippen molar-refractivity contribution in [2.24, 2.45) is 29.6 Å². The minimum atomic E-state index is -0.348. The molecule has 0 spiro atoms. The Morgan fingerprint density at radius 2 is 2.11 bits per heavy atom. The summed E-state index contributed by atoms with van der Waals surface area (Å²) in [7, 11) is 0. The van der Waals surface area contributed by atoms with Gasteiger partial charge in [0.1, 0.15) is 0 Å². The summed E-state index contributed by atoms with van der Waals surface area (Å²) in [4.78, 5) is 0.